The molecule has 8 heteroatoms. The third kappa shape index (κ3) is 5.47. The Bertz CT molecular complexity index is 988. The van der Waals surface area contributed by atoms with E-state index in [2.05, 4.69) is 19.6 Å². The van der Waals surface area contributed by atoms with Gasteiger partial charge in [-0.1, -0.05) is 38.1 Å². The topological polar surface area (TPSA) is 93.1 Å². The highest BCUT2D eigenvalue weighted by Gasteiger charge is 2.57. The molecular formula is C28H38O6S2. The van der Waals surface area contributed by atoms with Gasteiger partial charge >= 0.3 is 11.9 Å². The summed E-state index contributed by atoms with van der Waals surface area (Å²) in [5.41, 5.74) is 0.865. The lowest BCUT2D eigenvalue weighted by Gasteiger charge is -2.59. The van der Waals surface area contributed by atoms with Crippen LogP contribution in [-0.4, -0.2) is 53.3 Å². The molecule has 1 aliphatic heterocycles. The Balaban J connectivity index is 1.39. The van der Waals surface area contributed by atoms with Crippen molar-refractivity contribution in [2.75, 3.05) is 19.0 Å². The maximum atomic E-state index is 12.5. The number of aliphatic hydroxyl groups is 2. The molecule has 2 aliphatic carbocycles. The van der Waals surface area contributed by atoms with Gasteiger partial charge in [-0.3, -0.25) is 4.79 Å². The highest BCUT2D eigenvalue weighted by Crippen LogP contribution is 2.61. The SMILES string of the molecule is C=C1CC[C@@H]2[C@](C)(CO)[C@H](O)CC[C@@]2(C)[C@@H]1C/C=C1/C(=O)OC[C@H]1OC(=O)CCCSc1cccs1. The fourth-order valence-electron chi connectivity index (χ4n) is 6.60. The van der Waals surface area contributed by atoms with Gasteiger partial charge in [-0.15, -0.1) is 23.1 Å². The number of carbonyl (C=O) groups excluding carboxylic acids is 2. The van der Waals surface area contributed by atoms with Gasteiger partial charge in [-0.05, 0) is 73.0 Å². The molecule has 0 amide bonds. The minimum absolute atomic E-state index is 0.0507. The second-order valence-electron chi connectivity index (χ2n) is 10.9. The molecular weight excluding hydrogens is 496 g/mol. The number of ether oxygens (including phenoxy) is 2. The van der Waals surface area contributed by atoms with Crippen molar-refractivity contribution in [2.45, 2.75) is 75.2 Å². The van der Waals surface area contributed by atoms with E-state index in [1.807, 2.05) is 24.4 Å². The fraction of sp³-hybridized carbons (Fsp3) is 0.643. The Labute approximate surface area is 222 Å². The average molecular weight is 535 g/mol. The van der Waals surface area contributed by atoms with E-state index < -0.39 is 23.6 Å². The smallest absolute Gasteiger partial charge is 0.337 e. The minimum Gasteiger partial charge on any atom is -0.458 e. The minimum atomic E-state index is -0.675. The van der Waals surface area contributed by atoms with E-state index in [1.54, 1.807) is 23.1 Å². The fourth-order valence-corrected chi connectivity index (χ4v) is 8.40. The monoisotopic (exact) mass is 534 g/mol. The molecule has 198 valence electrons. The molecule has 2 heterocycles. The van der Waals surface area contributed by atoms with Gasteiger partial charge in [0.15, 0.2) is 6.10 Å². The van der Waals surface area contributed by atoms with Crippen LogP contribution in [0.15, 0.2) is 45.5 Å². The lowest BCUT2D eigenvalue weighted by molar-refractivity contribution is -0.151. The van der Waals surface area contributed by atoms with Crippen molar-refractivity contribution >= 4 is 35.0 Å². The van der Waals surface area contributed by atoms with Crippen molar-refractivity contribution in [1.29, 1.82) is 0 Å². The summed E-state index contributed by atoms with van der Waals surface area (Å²) in [6.45, 7) is 8.60. The largest absolute Gasteiger partial charge is 0.458 e. The Kier molecular flexibility index (Phi) is 8.70. The number of hydrogen-bond acceptors (Lipinski definition) is 8. The van der Waals surface area contributed by atoms with Crippen LogP contribution in [0.5, 0.6) is 0 Å². The number of carbonyl (C=O) groups is 2. The molecule has 2 saturated carbocycles. The van der Waals surface area contributed by atoms with Crippen molar-refractivity contribution in [2.24, 2.45) is 22.7 Å². The Morgan fingerprint density at radius 2 is 2.19 bits per heavy atom. The first-order chi connectivity index (χ1) is 17.2. The highest BCUT2D eigenvalue weighted by molar-refractivity contribution is 8.01. The van der Waals surface area contributed by atoms with Crippen LogP contribution in [0.2, 0.25) is 0 Å². The number of hydrogen-bond donors (Lipinski definition) is 2. The van der Waals surface area contributed by atoms with Gasteiger partial charge in [0.1, 0.15) is 6.61 Å². The van der Waals surface area contributed by atoms with Crippen LogP contribution in [0.3, 0.4) is 0 Å². The number of rotatable bonds is 9. The Morgan fingerprint density at radius 3 is 2.92 bits per heavy atom. The molecule has 3 fully saturated rings. The molecule has 6 atom stereocenters. The molecule has 3 aliphatic rings. The van der Waals surface area contributed by atoms with E-state index >= 15 is 0 Å². The van der Waals surface area contributed by atoms with Crippen molar-refractivity contribution in [3.8, 4) is 0 Å². The molecule has 0 radical (unpaired) electrons. The van der Waals surface area contributed by atoms with Gasteiger partial charge in [0.05, 0.1) is 22.5 Å². The zero-order valence-corrected chi connectivity index (χ0v) is 22.9. The number of thiophene rings is 1. The van der Waals surface area contributed by atoms with Crippen LogP contribution in [0.1, 0.15) is 58.8 Å². The summed E-state index contributed by atoms with van der Waals surface area (Å²) in [4.78, 5) is 25.0. The lowest BCUT2D eigenvalue weighted by Crippen LogP contribution is -2.57. The van der Waals surface area contributed by atoms with Crippen molar-refractivity contribution in [3.05, 3.63) is 41.3 Å². The van der Waals surface area contributed by atoms with Gasteiger partial charge in [0.2, 0.25) is 0 Å². The highest BCUT2D eigenvalue weighted by atomic mass is 32.2. The van der Waals surface area contributed by atoms with Gasteiger partial charge in [-0.25, -0.2) is 4.79 Å². The van der Waals surface area contributed by atoms with Crippen LogP contribution >= 0.6 is 23.1 Å². The lowest BCUT2D eigenvalue weighted by atomic mass is 9.46. The van der Waals surface area contributed by atoms with E-state index in [4.69, 9.17) is 9.47 Å². The van der Waals surface area contributed by atoms with Gasteiger partial charge in [-0.2, -0.15) is 0 Å². The summed E-state index contributed by atoms with van der Waals surface area (Å²) < 4.78 is 12.1. The number of fused-ring (bicyclic) bond motifs is 1. The maximum Gasteiger partial charge on any atom is 0.337 e. The first kappa shape index (κ1) is 27.4. The second kappa shape index (κ2) is 11.4. The van der Waals surface area contributed by atoms with Crippen molar-refractivity contribution < 1.29 is 29.3 Å². The Hall–Kier alpha value is -1.61. The van der Waals surface area contributed by atoms with Gasteiger partial charge in [0.25, 0.3) is 0 Å². The summed E-state index contributed by atoms with van der Waals surface area (Å²) in [7, 11) is 0. The van der Waals surface area contributed by atoms with Crippen LogP contribution in [0, 0.1) is 22.7 Å². The zero-order chi connectivity index (χ0) is 25.9. The number of cyclic esters (lactones) is 1. The summed E-state index contributed by atoms with van der Waals surface area (Å²) >= 11 is 3.42. The van der Waals surface area contributed by atoms with E-state index in [-0.39, 0.29) is 36.4 Å². The van der Waals surface area contributed by atoms with E-state index in [0.29, 0.717) is 31.3 Å². The third-order valence-corrected chi connectivity index (χ3v) is 11.0. The molecule has 4 rings (SSSR count). The van der Waals surface area contributed by atoms with E-state index in [0.717, 1.165) is 30.6 Å². The quantitative estimate of drug-likeness (QED) is 0.149. The molecule has 0 aromatic carbocycles. The second-order valence-corrected chi connectivity index (χ2v) is 13.2. The van der Waals surface area contributed by atoms with Crippen LogP contribution < -0.4 is 0 Å². The Morgan fingerprint density at radius 1 is 1.39 bits per heavy atom. The molecule has 1 aromatic heterocycles. The number of esters is 2. The van der Waals surface area contributed by atoms with Crippen LogP contribution in [-0.2, 0) is 19.1 Å². The predicted molar refractivity (Wildman–Crippen MR) is 142 cm³/mol. The summed E-state index contributed by atoms with van der Waals surface area (Å²) in [5.74, 6) is 0.363. The predicted octanol–water partition coefficient (Wildman–Crippen LogP) is 5.15. The first-order valence-electron chi connectivity index (χ1n) is 12.9. The number of thioether (sulfide) groups is 1. The molecule has 36 heavy (non-hydrogen) atoms. The number of allylic oxidation sites excluding steroid dienone is 2. The molecule has 2 N–H and O–H groups in total. The molecule has 0 bridgehead atoms. The van der Waals surface area contributed by atoms with Crippen molar-refractivity contribution in [3.63, 3.8) is 0 Å². The summed E-state index contributed by atoms with van der Waals surface area (Å²) in [5, 5.41) is 22.9. The van der Waals surface area contributed by atoms with Crippen molar-refractivity contribution in [1.82, 2.24) is 0 Å². The molecule has 6 nitrogen and oxygen atoms in total. The van der Waals surface area contributed by atoms with Crippen LogP contribution in [0.25, 0.3) is 0 Å². The molecule has 0 unspecified atom stereocenters. The molecule has 0 spiro atoms. The zero-order valence-electron chi connectivity index (χ0n) is 21.2. The van der Waals surface area contributed by atoms with Gasteiger partial charge < -0.3 is 19.7 Å². The summed E-state index contributed by atoms with van der Waals surface area (Å²) in [6, 6.07) is 4.08. The van der Waals surface area contributed by atoms with Gasteiger partial charge in [0, 0.05) is 11.8 Å². The van der Waals surface area contributed by atoms with E-state index in [9.17, 15) is 19.8 Å². The van der Waals surface area contributed by atoms with Crippen LogP contribution in [0.4, 0.5) is 0 Å². The average Bonchev–Trinajstić information content (AvgIpc) is 3.49. The molecule has 1 saturated heterocycles. The molecule has 1 aromatic rings. The standard InChI is InChI=1S/C28H38O6S2/c1-18-8-11-22-27(2,13-12-23(30)28(22,3)17-29)20(18)10-9-19-21(16-33-26(19)32)34-24(31)6-4-14-35-25-7-5-15-36-25/h5,7,9,15,20-23,29-30H,1,4,6,8,10-14,16-17H2,2-3H3/b19-9+/t20-,21-,22+,23-,27+,28+/m1/s1. The number of aliphatic hydroxyl groups excluding tert-OH is 2. The van der Waals surface area contributed by atoms with E-state index in [1.165, 1.54) is 4.21 Å². The third-order valence-electron chi connectivity index (χ3n) is 8.75. The normalized spacial score (nSPS) is 35.5. The maximum absolute atomic E-state index is 12.5. The first-order valence-corrected chi connectivity index (χ1v) is 14.7. The summed E-state index contributed by atoms with van der Waals surface area (Å²) in [6.07, 6.45) is 5.49.